The number of hydrogen-bond donors (Lipinski definition) is 0. The molecule has 27 heavy (non-hydrogen) atoms. The van der Waals surface area contributed by atoms with Gasteiger partial charge in [-0.25, -0.2) is 9.80 Å². The maximum atomic E-state index is 13.2. The maximum absolute atomic E-state index is 13.2. The van der Waals surface area contributed by atoms with E-state index in [9.17, 15) is 4.79 Å². The van der Waals surface area contributed by atoms with Gasteiger partial charge < -0.3 is 0 Å². The SMILES string of the molecule is O=C1N(c2ccccc2)CCN1N(CC1CC1)C1CCc2ccc[c]c2C1. The number of hydrazine groups is 1. The molecule has 0 aromatic heterocycles. The van der Waals surface area contributed by atoms with Crippen LogP contribution in [0.2, 0.25) is 0 Å². The van der Waals surface area contributed by atoms with Crippen LogP contribution in [0.1, 0.15) is 30.4 Å². The number of anilines is 1. The largest absolute Gasteiger partial charge is 0.339 e. The van der Waals surface area contributed by atoms with E-state index in [0.717, 1.165) is 50.5 Å². The van der Waals surface area contributed by atoms with Gasteiger partial charge in [-0.1, -0.05) is 36.4 Å². The van der Waals surface area contributed by atoms with Crippen molar-refractivity contribution in [1.29, 1.82) is 0 Å². The van der Waals surface area contributed by atoms with E-state index in [1.54, 1.807) is 0 Å². The Morgan fingerprint density at radius 3 is 2.70 bits per heavy atom. The molecule has 139 valence electrons. The van der Waals surface area contributed by atoms with Crippen LogP contribution in [0.5, 0.6) is 0 Å². The lowest BCUT2D eigenvalue weighted by Gasteiger charge is -2.40. The molecule has 2 amide bonds. The standard InChI is InChI=1S/C23H26N3O/c27-23-24(21-8-2-1-3-9-21)14-15-25(23)26(17-18-10-11-18)22-13-12-19-6-4-5-7-20(19)16-22/h1-6,8-9,18,22H,10-17H2. The van der Waals surface area contributed by atoms with Crippen molar-refractivity contribution < 1.29 is 4.79 Å². The molecule has 2 fully saturated rings. The van der Waals surface area contributed by atoms with E-state index in [2.05, 4.69) is 23.2 Å². The van der Waals surface area contributed by atoms with Gasteiger partial charge in [-0.2, -0.15) is 0 Å². The van der Waals surface area contributed by atoms with E-state index in [1.807, 2.05) is 46.3 Å². The molecule has 1 unspecified atom stereocenters. The van der Waals surface area contributed by atoms with Crippen LogP contribution in [0, 0.1) is 12.0 Å². The minimum absolute atomic E-state index is 0.129. The molecule has 1 radical (unpaired) electrons. The summed E-state index contributed by atoms with van der Waals surface area (Å²) >= 11 is 0. The van der Waals surface area contributed by atoms with Crippen molar-refractivity contribution in [3.8, 4) is 0 Å². The number of rotatable bonds is 5. The summed E-state index contributed by atoms with van der Waals surface area (Å²) in [6.07, 6.45) is 5.81. The number of benzene rings is 2. The molecule has 0 N–H and O–H groups in total. The van der Waals surface area contributed by atoms with Gasteiger partial charge in [0.05, 0.1) is 6.54 Å². The summed E-state index contributed by atoms with van der Waals surface area (Å²) in [5, 5.41) is 4.44. The zero-order valence-corrected chi connectivity index (χ0v) is 15.7. The number of hydrogen-bond acceptors (Lipinski definition) is 2. The van der Waals surface area contributed by atoms with E-state index in [4.69, 9.17) is 0 Å². The van der Waals surface area contributed by atoms with Gasteiger partial charge >= 0.3 is 6.03 Å². The minimum atomic E-state index is 0.129. The monoisotopic (exact) mass is 360 g/mol. The molecule has 2 aromatic carbocycles. The second-order valence-electron chi connectivity index (χ2n) is 8.03. The first-order chi connectivity index (χ1) is 13.3. The molecule has 3 aliphatic rings. The first-order valence-corrected chi connectivity index (χ1v) is 10.2. The summed E-state index contributed by atoms with van der Waals surface area (Å²) < 4.78 is 0. The van der Waals surface area contributed by atoms with Gasteiger partial charge in [0.25, 0.3) is 0 Å². The summed E-state index contributed by atoms with van der Waals surface area (Å²) in [7, 11) is 0. The lowest BCUT2D eigenvalue weighted by molar-refractivity contribution is -0.0174. The molecule has 1 saturated heterocycles. The van der Waals surface area contributed by atoms with Gasteiger partial charge in [-0.05, 0) is 67.3 Å². The number of amides is 2. The van der Waals surface area contributed by atoms with Crippen LogP contribution in [-0.2, 0) is 12.8 Å². The Bertz CT molecular complexity index is 817. The summed E-state index contributed by atoms with van der Waals surface area (Å²) in [6.45, 7) is 2.56. The van der Waals surface area contributed by atoms with Crippen LogP contribution < -0.4 is 4.90 Å². The molecule has 4 heteroatoms. The highest BCUT2D eigenvalue weighted by atomic mass is 16.2. The Balaban J connectivity index is 1.37. The summed E-state index contributed by atoms with van der Waals surface area (Å²) in [4.78, 5) is 15.2. The highest BCUT2D eigenvalue weighted by Crippen LogP contribution is 2.34. The Labute approximate surface area is 161 Å². The average Bonchev–Trinajstić information content (AvgIpc) is 3.47. The number of nitrogens with zero attached hydrogens (tertiary/aromatic N) is 3. The smallest absolute Gasteiger partial charge is 0.291 e. The van der Waals surface area contributed by atoms with Crippen molar-refractivity contribution >= 4 is 11.7 Å². The van der Waals surface area contributed by atoms with Gasteiger partial charge in [0.2, 0.25) is 0 Å². The molecule has 1 saturated carbocycles. The van der Waals surface area contributed by atoms with Crippen molar-refractivity contribution in [3.05, 3.63) is 65.7 Å². The average molecular weight is 360 g/mol. The zero-order valence-electron chi connectivity index (χ0n) is 15.7. The van der Waals surface area contributed by atoms with Crippen molar-refractivity contribution in [3.63, 3.8) is 0 Å². The van der Waals surface area contributed by atoms with E-state index in [1.165, 1.54) is 24.0 Å². The molecule has 1 aliphatic heterocycles. The topological polar surface area (TPSA) is 26.8 Å². The third-order valence-corrected chi connectivity index (χ3v) is 6.15. The molecule has 4 nitrogen and oxygen atoms in total. The van der Waals surface area contributed by atoms with Crippen molar-refractivity contribution in [1.82, 2.24) is 10.0 Å². The number of carbonyl (C=O) groups excluding carboxylic acids is 1. The molecule has 2 aliphatic carbocycles. The van der Waals surface area contributed by atoms with Gasteiger partial charge in [0.15, 0.2) is 0 Å². The first kappa shape index (κ1) is 16.8. The second kappa shape index (κ2) is 7.01. The predicted molar refractivity (Wildman–Crippen MR) is 106 cm³/mol. The highest BCUT2D eigenvalue weighted by Gasteiger charge is 2.40. The normalized spacial score (nSPS) is 22.4. The third-order valence-electron chi connectivity index (χ3n) is 6.15. The Morgan fingerprint density at radius 1 is 1.04 bits per heavy atom. The zero-order chi connectivity index (χ0) is 18.2. The second-order valence-corrected chi connectivity index (χ2v) is 8.03. The summed E-state index contributed by atoms with van der Waals surface area (Å²) in [5.74, 6) is 0.754. The van der Waals surface area contributed by atoms with Crippen molar-refractivity contribution in [2.24, 2.45) is 5.92 Å². The van der Waals surface area contributed by atoms with Crippen molar-refractivity contribution in [2.75, 3.05) is 24.5 Å². The molecular weight excluding hydrogens is 334 g/mol. The highest BCUT2D eigenvalue weighted by molar-refractivity contribution is 5.93. The van der Waals surface area contributed by atoms with Crippen LogP contribution >= 0.6 is 0 Å². The number of carbonyl (C=O) groups is 1. The third kappa shape index (κ3) is 3.34. The molecular formula is C23H26N3O. The van der Waals surface area contributed by atoms with Crippen LogP contribution in [-0.4, -0.2) is 41.7 Å². The van der Waals surface area contributed by atoms with Crippen LogP contribution in [0.15, 0.2) is 48.5 Å². The van der Waals surface area contributed by atoms with Gasteiger partial charge in [-0.15, -0.1) is 0 Å². The fourth-order valence-corrected chi connectivity index (χ4v) is 4.47. The maximum Gasteiger partial charge on any atom is 0.339 e. The van der Waals surface area contributed by atoms with Crippen LogP contribution in [0.3, 0.4) is 0 Å². The molecule has 1 atom stereocenters. The predicted octanol–water partition coefficient (Wildman–Crippen LogP) is 3.91. The van der Waals surface area contributed by atoms with Gasteiger partial charge in [-0.3, -0.25) is 9.91 Å². The van der Waals surface area contributed by atoms with E-state index < -0.39 is 0 Å². The van der Waals surface area contributed by atoms with Crippen LogP contribution in [0.25, 0.3) is 0 Å². The van der Waals surface area contributed by atoms with Gasteiger partial charge in [0, 0.05) is 24.8 Å². The summed E-state index contributed by atoms with van der Waals surface area (Å²) in [6, 6.07) is 20.4. The van der Waals surface area contributed by atoms with E-state index in [-0.39, 0.29) is 6.03 Å². The molecule has 0 spiro atoms. The Morgan fingerprint density at radius 2 is 1.89 bits per heavy atom. The van der Waals surface area contributed by atoms with Crippen molar-refractivity contribution in [2.45, 2.75) is 38.1 Å². The molecule has 0 bridgehead atoms. The lowest BCUT2D eigenvalue weighted by Crippen LogP contribution is -2.53. The van der Waals surface area contributed by atoms with E-state index in [0.29, 0.717) is 6.04 Å². The Hall–Kier alpha value is -2.33. The van der Waals surface area contributed by atoms with Gasteiger partial charge in [0.1, 0.15) is 0 Å². The number of para-hydroxylation sites is 1. The summed E-state index contributed by atoms with van der Waals surface area (Å²) in [5.41, 5.74) is 3.76. The number of fused-ring (bicyclic) bond motifs is 1. The molecule has 2 aromatic rings. The van der Waals surface area contributed by atoms with E-state index >= 15 is 0 Å². The molecule has 1 heterocycles. The number of urea groups is 1. The quantitative estimate of drug-likeness (QED) is 0.808. The number of aryl methyl sites for hydroxylation is 1. The molecule has 5 rings (SSSR count). The fourth-order valence-electron chi connectivity index (χ4n) is 4.47. The lowest BCUT2D eigenvalue weighted by atomic mass is 9.88. The fraction of sp³-hybridized carbons (Fsp3) is 0.435. The Kier molecular flexibility index (Phi) is 4.36. The minimum Gasteiger partial charge on any atom is -0.291 e. The first-order valence-electron chi connectivity index (χ1n) is 10.2. The van der Waals surface area contributed by atoms with Crippen LogP contribution in [0.4, 0.5) is 10.5 Å².